The van der Waals surface area contributed by atoms with E-state index in [0.29, 0.717) is 17.9 Å². The Morgan fingerprint density at radius 2 is 1.29 bits per heavy atom. The Balaban J connectivity index is 1.66. The highest BCUT2D eigenvalue weighted by molar-refractivity contribution is 5.95. The second-order valence-corrected chi connectivity index (χ2v) is 12.4. The molecule has 1 saturated carbocycles. The number of hydrogen-bond donors (Lipinski definition) is 8. The molecule has 2 aromatic carbocycles. The average Bonchev–Trinajstić information content (AvgIpc) is 3.09. The number of rotatable bonds is 19. The van der Waals surface area contributed by atoms with Gasteiger partial charge in [0.05, 0.1) is 6.61 Å². The molecule has 10 N–H and O–H groups in total. The molecule has 262 valence electrons. The smallest absolute Gasteiger partial charge is 0.245 e. The first-order valence-electron chi connectivity index (χ1n) is 16.7. The van der Waals surface area contributed by atoms with E-state index in [1.54, 1.807) is 12.1 Å². The molecule has 0 heterocycles. The molecule has 0 aliphatic heterocycles. The maximum Gasteiger partial charge on any atom is 0.245 e. The number of aliphatic hydroxyl groups excluding tert-OH is 1. The Kier molecular flexibility index (Phi) is 15.8. The zero-order valence-electron chi connectivity index (χ0n) is 27.4. The van der Waals surface area contributed by atoms with Crippen LogP contribution >= 0.6 is 0 Å². The molecule has 5 amide bonds. The highest BCUT2D eigenvalue weighted by atomic mass is 16.3. The summed E-state index contributed by atoms with van der Waals surface area (Å²) in [7, 11) is 0. The standard InChI is InChI=1S/C35H50N6O7/c36-19-7-12-27(33(46)40-28(32(37)45)20-25-13-16-26(43)17-14-25)39-35(48)30(22-42)41-34(47)29(21-24-10-5-2-6-11-24)38-31(44)18-15-23-8-3-1-4-9-23/h2,5-6,10-11,13-14,16-17,23,27-30,42-43H,1,3-4,7-9,12,15,18-22,36H2,(H2,37,45)(H,38,44)(H,39,48)(H,40,46)(H,41,47). The fraction of sp³-hybridized carbons (Fsp3) is 0.514. The Morgan fingerprint density at radius 3 is 1.92 bits per heavy atom. The number of nitrogens with one attached hydrogen (secondary N) is 4. The van der Waals surface area contributed by atoms with E-state index >= 15 is 0 Å². The Bertz CT molecular complexity index is 1330. The van der Waals surface area contributed by atoms with Crippen LogP contribution in [0.25, 0.3) is 0 Å². The number of benzene rings is 2. The number of phenolic OH excluding ortho intramolecular Hbond substituents is 1. The van der Waals surface area contributed by atoms with Gasteiger partial charge in [-0.15, -0.1) is 0 Å². The number of hydrogen-bond acceptors (Lipinski definition) is 8. The molecule has 0 bridgehead atoms. The molecule has 1 aliphatic carbocycles. The number of aromatic hydroxyl groups is 1. The van der Waals surface area contributed by atoms with Gasteiger partial charge in [-0.25, -0.2) is 0 Å². The fourth-order valence-corrected chi connectivity index (χ4v) is 5.83. The predicted molar refractivity (Wildman–Crippen MR) is 180 cm³/mol. The summed E-state index contributed by atoms with van der Waals surface area (Å²) in [5.41, 5.74) is 12.6. The van der Waals surface area contributed by atoms with Crippen LogP contribution in [0.4, 0.5) is 0 Å². The van der Waals surface area contributed by atoms with Crippen molar-refractivity contribution in [3.63, 3.8) is 0 Å². The third-order valence-corrected chi connectivity index (χ3v) is 8.62. The van der Waals surface area contributed by atoms with Crippen LogP contribution in [0.15, 0.2) is 54.6 Å². The number of amides is 5. The first-order valence-corrected chi connectivity index (χ1v) is 16.7. The van der Waals surface area contributed by atoms with Crippen LogP contribution < -0.4 is 32.7 Å². The van der Waals surface area contributed by atoms with Gasteiger partial charge in [-0.05, 0) is 55.0 Å². The summed E-state index contributed by atoms with van der Waals surface area (Å²) < 4.78 is 0. The molecule has 2 aromatic rings. The number of carbonyl (C=O) groups excluding carboxylic acids is 5. The molecular formula is C35H50N6O7. The minimum atomic E-state index is -1.44. The number of carbonyl (C=O) groups is 5. The lowest BCUT2D eigenvalue weighted by molar-refractivity contribution is -0.135. The third kappa shape index (κ3) is 13.0. The highest BCUT2D eigenvalue weighted by Crippen LogP contribution is 2.27. The summed E-state index contributed by atoms with van der Waals surface area (Å²) in [5, 5.41) is 30.1. The van der Waals surface area contributed by atoms with Crippen molar-refractivity contribution in [1.29, 1.82) is 0 Å². The highest BCUT2D eigenvalue weighted by Gasteiger charge is 2.31. The average molecular weight is 667 g/mol. The van der Waals surface area contributed by atoms with Crippen molar-refractivity contribution in [2.45, 2.75) is 94.8 Å². The van der Waals surface area contributed by atoms with Gasteiger partial charge in [0.1, 0.15) is 29.9 Å². The lowest BCUT2D eigenvalue weighted by atomic mass is 9.86. The van der Waals surface area contributed by atoms with Crippen molar-refractivity contribution in [3.8, 4) is 5.75 Å². The van der Waals surface area contributed by atoms with Crippen LogP contribution in [0.1, 0.15) is 68.9 Å². The minimum Gasteiger partial charge on any atom is -0.508 e. The SMILES string of the molecule is NCCCC(NC(=O)C(CO)NC(=O)C(Cc1ccccc1)NC(=O)CCC1CCCCC1)C(=O)NC(Cc1ccc(O)cc1)C(N)=O. The second-order valence-electron chi connectivity index (χ2n) is 12.4. The maximum absolute atomic E-state index is 13.5. The van der Waals surface area contributed by atoms with Crippen molar-refractivity contribution in [3.05, 3.63) is 65.7 Å². The van der Waals surface area contributed by atoms with E-state index in [1.807, 2.05) is 30.3 Å². The molecule has 3 rings (SSSR count). The summed E-state index contributed by atoms with van der Waals surface area (Å²) in [5.74, 6) is -2.73. The maximum atomic E-state index is 13.5. The van der Waals surface area contributed by atoms with E-state index in [2.05, 4.69) is 21.3 Å². The lowest BCUT2D eigenvalue weighted by Gasteiger charge is -2.26. The molecule has 4 atom stereocenters. The van der Waals surface area contributed by atoms with Crippen molar-refractivity contribution in [2.75, 3.05) is 13.2 Å². The molecule has 0 saturated heterocycles. The second kappa shape index (κ2) is 20.0. The van der Waals surface area contributed by atoms with Crippen molar-refractivity contribution < 1.29 is 34.2 Å². The monoisotopic (exact) mass is 666 g/mol. The molecular weight excluding hydrogens is 616 g/mol. The van der Waals surface area contributed by atoms with E-state index < -0.39 is 54.4 Å². The van der Waals surface area contributed by atoms with Gasteiger partial charge in [-0.1, -0.05) is 74.6 Å². The Labute approximate surface area is 281 Å². The summed E-state index contributed by atoms with van der Waals surface area (Å²) in [6.45, 7) is -0.560. The first-order chi connectivity index (χ1) is 23.1. The van der Waals surface area contributed by atoms with Gasteiger partial charge >= 0.3 is 0 Å². The molecule has 48 heavy (non-hydrogen) atoms. The lowest BCUT2D eigenvalue weighted by Crippen LogP contribution is -2.59. The quantitative estimate of drug-likeness (QED) is 0.106. The molecule has 0 spiro atoms. The van der Waals surface area contributed by atoms with Gasteiger partial charge in [0, 0.05) is 19.3 Å². The summed E-state index contributed by atoms with van der Waals surface area (Å²) in [6.07, 6.45) is 7.43. The number of primary amides is 1. The van der Waals surface area contributed by atoms with Crippen LogP contribution in [0.3, 0.4) is 0 Å². The molecule has 13 heteroatoms. The van der Waals surface area contributed by atoms with Crippen LogP contribution in [-0.4, -0.2) is 77.1 Å². The summed E-state index contributed by atoms with van der Waals surface area (Å²) in [4.78, 5) is 65.2. The van der Waals surface area contributed by atoms with Gasteiger partial charge in [0.2, 0.25) is 29.5 Å². The van der Waals surface area contributed by atoms with Crippen LogP contribution in [-0.2, 0) is 36.8 Å². The minimum absolute atomic E-state index is 0.0388. The van der Waals surface area contributed by atoms with Crippen LogP contribution in [0.2, 0.25) is 0 Å². The van der Waals surface area contributed by atoms with Gasteiger partial charge in [-0.2, -0.15) is 0 Å². The Hall–Kier alpha value is -4.49. The van der Waals surface area contributed by atoms with E-state index in [-0.39, 0.29) is 43.9 Å². The normalized spacial score (nSPS) is 15.7. The van der Waals surface area contributed by atoms with Gasteiger partial charge < -0.3 is 42.9 Å². The van der Waals surface area contributed by atoms with E-state index in [0.717, 1.165) is 37.7 Å². The van der Waals surface area contributed by atoms with Gasteiger partial charge in [0.25, 0.3) is 0 Å². The fourth-order valence-electron chi connectivity index (χ4n) is 5.83. The first kappa shape index (κ1) is 38.0. The van der Waals surface area contributed by atoms with Crippen LogP contribution in [0.5, 0.6) is 5.75 Å². The predicted octanol–water partition coefficient (Wildman–Crippen LogP) is 0.694. The topological polar surface area (TPSA) is 226 Å². The Morgan fingerprint density at radius 1 is 0.729 bits per heavy atom. The van der Waals surface area contributed by atoms with E-state index in [9.17, 15) is 34.2 Å². The number of phenols is 1. The van der Waals surface area contributed by atoms with Gasteiger partial charge in [0.15, 0.2) is 0 Å². The molecule has 0 aromatic heterocycles. The number of nitrogens with two attached hydrogens (primary N) is 2. The molecule has 1 aliphatic rings. The van der Waals surface area contributed by atoms with Crippen molar-refractivity contribution >= 4 is 29.5 Å². The summed E-state index contributed by atoms with van der Waals surface area (Å²) >= 11 is 0. The largest absolute Gasteiger partial charge is 0.508 e. The van der Waals surface area contributed by atoms with E-state index in [4.69, 9.17) is 11.5 Å². The summed E-state index contributed by atoms with van der Waals surface area (Å²) in [6, 6.07) is 10.5. The van der Waals surface area contributed by atoms with Crippen molar-refractivity contribution in [2.24, 2.45) is 17.4 Å². The number of aliphatic hydroxyl groups is 1. The van der Waals surface area contributed by atoms with Crippen LogP contribution in [0, 0.1) is 5.92 Å². The van der Waals surface area contributed by atoms with Crippen molar-refractivity contribution in [1.82, 2.24) is 21.3 Å². The molecule has 0 radical (unpaired) electrons. The molecule has 13 nitrogen and oxygen atoms in total. The zero-order chi connectivity index (χ0) is 34.9. The molecule has 1 fully saturated rings. The van der Waals surface area contributed by atoms with E-state index in [1.165, 1.54) is 18.6 Å². The van der Waals surface area contributed by atoms with Gasteiger partial charge in [-0.3, -0.25) is 24.0 Å². The zero-order valence-corrected chi connectivity index (χ0v) is 27.4. The third-order valence-electron chi connectivity index (χ3n) is 8.62. The molecule has 4 unspecified atom stereocenters.